The third kappa shape index (κ3) is 3.75. The number of nitrogens with two attached hydrogens (primary N) is 1. The number of carbonyl (C=O) groups is 1. The summed E-state index contributed by atoms with van der Waals surface area (Å²) in [5.41, 5.74) is 7.75. The number of rotatable bonds is 5. The largest absolute Gasteiger partial charge is 0.489 e. The van der Waals surface area contributed by atoms with Crippen LogP contribution >= 0.6 is 0 Å². The Kier molecular flexibility index (Phi) is 4.60. The van der Waals surface area contributed by atoms with Gasteiger partial charge in [0, 0.05) is 5.69 Å². The Labute approximate surface area is 118 Å². The summed E-state index contributed by atoms with van der Waals surface area (Å²) in [4.78, 5) is 11.6. The molecule has 2 aromatic rings. The Bertz CT molecular complexity index is 579. The minimum atomic E-state index is -0.318. The van der Waals surface area contributed by atoms with Crippen molar-refractivity contribution in [2.24, 2.45) is 0 Å². The predicted octanol–water partition coefficient (Wildman–Crippen LogP) is 3.02. The van der Waals surface area contributed by atoms with E-state index in [4.69, 9.17) is 15.2 Å². The Balaban J connectivity index is 2.01. The lowest BCUT2D eigenvalue weighted by Gasteiger charge is -2.08. The fraction of sp³-hybridized carbons (Fsp3) is 0.188. The molecule has 0 amide bonds. The van der Waals surface area contributed by atoms with Crippen LogP contribution in [0.25, 0.3) is 0 Å². The zero-order valence-corrected chi connectivity index (χ0v) is 11.3. The monoisotopic (exact) mass is 271 g/mol. The van der Waals surface area contributed by atoms with Gasteiger partial charge < -0.3 is 15.2 Å². The minimum Gasteiger partial charge on any atom is -0.489 e. The summed E-state index contributed by atoms with van der Waals surface area (Å²) < 4.78 is 10.6. The lowest BCUT2D eigenvalue weighted by Crippen LogP contribution is -2.05. The van der Waals surface area contributed by atoms with Crippen LogP contribution in [0.1, 0.15) is 22.8 Å². The molecular formula is C16H17NO3. The number of benzene rings is 2. The van der Waals surface area contributed by atoms with Gasteiger partial charge in [-0.05, 0) is 48.9 Å². The molecule has 0 bridgehead atoms. The van der Waals surface area contributed by atoms with Crippen molar-refractivity contribution in [2.45, 2.75) is 13.5 Å². The Morgan fingerprint density at radius 1 is 1.15 bits per heavy atom. The Morgan fingerprint density at radius 3 is 2.60 bits per heavy atom. The number of esters is 1. The maximum absolute atomic E-state index is 11.6. The average Bonchev–Trinajstić information content (AvgIpc) is 2.47. The molecule has 4 nitrogen and oxygen atoms in total. The summed E-state index contributed by atoms with van der Waals surface area (Å²) in [5.74, 6) is 0.419. The second kappa shape index (κ2) is 6.61. The molecule has 0 unspecified atom stereocenters. The number of hydrogen-bond donors (Lipinski definition) is 1. The molecular weight excluding hydrogens is 254 g/mol. The molecule has 0 heterocycles. The van der Waals surface area contributed by atoms with E-state index >= 15 is 0 Å². The fourth-order valence-corrected chi connectivity index (χ4v) is 1.73. The molecule has 20 heavy (non-hydrogen) atoms. The summed E-state index contributed by atoms with van der Waals surface area (Å²) in [7, 11) is 0. The summed E-state index contributed by atoms with van der Waals surface area (Å²) in [6.45, 7) is 2.54. The molecule has 2 rings (SSSR count). The van der Waals surface area contributed by atoms with Crippen molar-refractivity contribution < 1.29 is 14.3 Å². The predicted molar refractivity (Wildman–Crippen MR) is 77.6 cm³/mol. The summed E-state index contributed by atoms with van der Waals surface area (Å²) in [6.07, 6.45) is 0. The van der Waals surface area contributed by atoms with Crippen LogP contribution in [0, 0.1) is 0 Å². The van der Waals surface area contributed by atoms with Crippen molar-refractivity contribution in [2.75, 3.05) is 12.3 Å². The SMILES string of the molecule is CCOC(=O)c1cccc(COc2ccc(N)cc2)c1. The number of carbonyl (C=O) groups excluding carboxylic acids is 1. The molecule has 0 spiro atoms. The highest BCUT2D eigenvalue weighted by Gasteiger charge is 2.06. The summed E-state index contributed by atoms with van der Waals surface area (Å²) in [5, 5.41) is 0. The first-order valence-corrected chi connectivity index (χ1v) is 6.43. The van der Waals surface area contributed by atoms with Gasteiger partial charge in [0.2, 0.25) is 0 Å². The third-order valence-corrected chi connectivity index (χ3v) is 2.72. The van der Waals surface area contributed by atoms with E-state index in [1.165, 1.54) is 0 Å². The number of ether oxygens (including phenoxy) is 2. The molecule has 0 aliphatic rings. The zero-order valence-electron chi connectivity index (χ0n) is 11.3. The van der Waals surface area contributed by atoms with Gasteiger partial charge in [0.1, 0.15) is 12.4 Å². The second-order valence-electron chi connectivity index (χ2n) is 4.28. The zero-order chi connectivity index (χ0) is 14.4. The van der Waals surface area contributed by atoms with Gasteiger partial charge in [-0.15, -0.1) is 0 Å². The molecule has 0 aliphatic carbocycles. The second-order valence-corrected chi connectivity index (χ2v) is 4.28. The van der Waals surface area contributed by atoms with Crippen molar-refractivity contribution >= 4 is 11.7 Å². The fourth-order valence-electron chi connectivity index (χ4n) is 1.73. The minimum absolute atomic E-state index is 0.318. The van der Waals surface area contributed by atoms with Crippen LogP contribution in [0.3, 0.4) is 0 Å². The van der Waals surface area contributed by atoms with Crippen LogP contribution < -0.4 is 10.5 Å². The van der Waals surface area contributed by atoms with Crippen molar-refractivity contribution in [1.82, 2.24) is 0 Å². The number of hydrogen-bond acceptors (Lipinski definition) is 4. The van der Waals surface area contributed by atoms with Crippen LogP contribution in [0.2, 0.25) is 0 Å². The van der Waals surface area contributed by atoms with Crippen LogP contribution in [0.5, 0.6) is 5.75 Å². The Morgan fingerprint density at radius 2 is 1.90 bits per heavy atom. The van der Waals surface area contributed by atoms with Gasteiger partial charge in [-0.1, -0.05) is 12.1 Å². The molecule has 0 aromatic heterocycles. The normalized spacial score (nSPS) is 10.1. The van der Waals surface area contributed by atoms with E-state index in [0.717, 1.165) is 11.3 Å². The summed E-state index contributed by atoms with van der Waals surface area (Å²) in [6, 6.07) is 14.4. The van der Waals surface area contributed by atoms with Gasteiger partial charge in [0.05, 0.1) is 12.2 Å². The maximum atomic E-state index is 11.6. The van der Waals surface area contributed by atoms with Crippen LogP contribution in [0.4, 0.5) is 5.69 Å². The highest BCUT2D eigenvalue weighted by atomic mass is 16.5. The topological polar surface area (TPSA) is 61.5 Å². The molecule has 2 aromatic carbocycles. The van der Waals surface area contributed by atoms with Crippen LogP contribution in [0.15, 0.2) is 48.5 Å². The molecule has 0 saturated heterocycles. The first-order chi connectivity index (χ1) is 9.69. The highest BCUT2D eigenvalue weighted by molar-refractivity contribution is 5.89. The van der Waals surface area contributed by atoms with E-state index in [1.54, 1.807) is 31.2 Å². The van der Waals surface area contributed by atoms with E-state index in [2.05, 4.69) is 0 Å². The quantitative estimate of drug-likeness (QED) is 0.670. The van der Waals surface area contributed by atoms with E-state index in [0.29, 0.717) is 24.5 Å². The van der Waals surface area contributed by atoms with Crippen molar-refractivity contribution in [3.05, 3.63) is 59.7 Å². The Hall–Kier alpha value is -2.49. The van der Waals surface area contributed by atoms with Crippen molar-refractivity contribution in [3.8, 4) is 5.75 Å². The standard InChI is InChI=1S/C16H17NO3/c1-2-19-16(18)13-5-3-4-12(10-13)11-20-15-8-6-14(17)7-9-15/h3-10H,2,11,17H2,1H3. The average molecular weight is 271 g/mol. The molecule has 4 heteroatoms. The van der Waals surface area contributed by atoms with Gasteiger partial charge in [-0.2, -0.15) is 0 Å². The summed E-state index contributed by atoms with van der Waals surface area (Å²) >= 11 is 0. The van der Waals surface area contributed by atoms with E-state index < -0.39 is 0 Å². The smallest absolute Gasteiger partial charge is 0.338 e. The van der Waals surface area contributed by atoms with Gasteiger partial charge in [0.25, 0.3) is 0 Å². The van der Waals surface area contributed by atoms with Gasteiger partial charge in [-0.25, -0.2) is 4.79 Å². The lowest BCUT2D eigenvalue weighted by atomic mass is 10.1. The molecule has 0 fully saturated rings. The number of nitrogen functional groups attached to an aromatic ring is 1. The van der Waals surface area contributed by atoms with Crippen molar-refractivity contribution in [1.29, 1.82) is 0 Å². The molecule has 0 atom stereocenters. The lowest BCUT2D eigenvalue weighted by molar-refractivity contribution is 0.0526. The van der Waals surface area contributed by atoms with Gasteiger partial charge in [0.15, 0.2) is 0 Å². The van der Waals surface area contributed by atoms with Crippen LogP contribution in [-0.4, -0.2) is 12.6 Å². The van der Waals surface area contributed by atoms with E-state index in [1.807, 2.05) is 24.3 Å². The van der Waals surface area contributed by atoms with E-state index in [-0.39, 0.29) is 5.97 Å². The molecule has 0 aliphatic heterocycles. The first kappa shape index (κ1) is 13.9. The van der Waals surface area contributed by atoms with E-state index in [9.17, 15) is 4.79 Å². The molecule has 0 saturated carbocycles. The molecule has 0 radical (unpaired) electrons. The highest BCUT2D eigenvalue weighted by Crippen LogP contribution is 2.15. The number of anilines is 1. The van der Waals surface area contributed by atoms with Gasteiger partial charge >= 0.3 is 5.97 Å². The van der Waals surface area contributed by atoms with Crippen molar-refractivity contribution in [3.63, 3.8) is 0 Å². The van der Waals surface area contributed by atoms with Crippen LogP contribution in [-0.2, 0) is 11.3 Å². The molecule has 104 valence electrons. The maximum Gasteiger partial charge on any atom is 0.338 e. The molecule has 2 N–H and O–H groups in total. The third-order valence-electron chi connectivity index (χ3n) is 2.72. The van der Waals surface area contributed by atoms with Gasteiger partial charge in [-0.3, -0.25) is 0 Å². The first-order valence-electron chi connectivity index (χ1n) is 6.43.